The molecule has 1 atom stereocenters. The second kappa shape index (κ2) is 10.2. The predicted molar refractivity (Wildman–Crippen MR) is 127 cm³/mol. The first-order valence-corrected chi connectivity index (χ1v) is 13.6. The smallest absolute Gasteiger partial charge is 0.255 e. The normalized spacial score (nSPS) is 20.5. The number of nitrogens with one attached hydrogen (secondary N) is 1. The number of sulfone groups is 1. The number of piperazine rings is 1. The Labute approximate surface area is 197 Å². The first-order valence-electron chi connectivity index (χ1n) is 10.8. The van der Waals surface area contributed by atoms with Gasteiger partial charge >= 0.3 is 0 Å². The third-order valence-corrected chi connectivity index (χ3v) is 8.75. The SMILES string of the molecule is O=C(CSc1ccccc1C(=O)N1CCN([C@@H]2CCS(=O)(=O)C2)CC1)Nc1ccc(F)cc1. The van der Waals surface area contributed by atoms with Crippen molar-refractivity contribution in [1.82, 2.24) is 9.80 Å². The fourth-order valence-corrected chi connectivity index (χ4v) is 6.77. The molecular weight excluding hydrogens is 465 g/mol. The molecule has 0 aromatic heterocycles. The van der Waals surface area contributed by atoms with Crippen molar-refractivity contribution < 1.29 is 22.4 Å². The van der Waals surface area contributed by atoms with Gasteiger partial charge in [0.15, 0.2) is 9.84 Å². The van der Waals surface area contributed by atoms with Gasteiger partial charge in [-0.1, -0.05) is 12.1 Å². The molecule has 2 aromatic carbocycles. The number of thioether (sulfide) groups is 1. The third-order valence-electron chi connectivity index (χ3n) is 5.93. The maximum absolute atomic E-state index is 13.2. The Morgan fingerprint density at radius 2 is 1.73 bits per heavy atom. The minimum atomic E-state index is -2.93. The van der Waals surface area contributed by atoms with E-state index in [1.807, 2.05) is 12.1 Å². The number of nitrogens with zero attached hydrogens (tertiary/aromatic N) is 2. The molecule has 2 amide bonds. The van der Waals surface area contributed by atoms with Crippen LogP contribution in [-0.4, -0.2) is 79.5 Å². The van der Waals surface area contributed by atoms with Gasteiger partial charge in [-0.3, -0.25) is 14.5 Å². The summed E-state index contributed by atoms with van der Waals surface area (Å²) in [6, 6.07) is 12.8. The van der Waals surface area contributed by atoms with Crippen LogP contribution in [0.1, 0.15) is 16.8 Å². The molecule has 0 unspecified atom stereocenters. The van der Waals surface area contributed by atoms with Crippen molar-refractivity contribution in [2.75, 3.05) is 48.8 Å². The zero-order valence-electron chi connectivity index (χ0n) is 18.1. The van der Waals surface area contributed by atoms with Gasteiger partial charge < -0.3 is 10.2 Å². The van der Waals surface area contributed by atoms with E-state index in [9.17, 15) is 22.4 Å². The van der Waals surface area contributed by atoms with E-state index < -0.39 is 9.84 Å². The summed E-state index contributed by atoms with van der Waals surface area (Å²) < 4.78 is 36.6. The van der Waals surface area contributed by atoms with Crippen molar-refractivity contribution in [3.05, 3.63) is 59.9 Å². The summed E-state index contributed by atoms with van der Waals surface area (Å²) in [5, 5.41) is 2.72. The zero-order valence-corrected chi connectivity index (χ0v) is 19.7. The van der Waals surface area contributed by atoms with E-state index in [-0.39, 0.29) is 40.9 Å². The highest BCUT2D eigenvalue weighted by atomic mass is 32.2. The number of carbonyl (C=O) groups excluding carboxylic acids is 2. The highest BCUT2D eigenvalue weighted by Gasteiger charge is 2.34. The van der Waals surface area contributed by atoms with Gasteiger partial charge in [0.05, 0.1) is 22.8 Å². The van der Waals surface area contributed by atoms with Crippen LogP contribution in [0.15, 0.2) is 53.4 Å². The van der Waals surface area contributed by atoms with Crippen LogP contribution < -0.4 is 5.32 Å². The van der Waals surface area contributed by atoms with Crippen LogP contribution in [0.4, 0.5) is 10.1 Å². The van der Waals surface area contributed by atoms with E-state index >= 15 is 0 Å². The van der Waals surface area contributed by atoms with Crippen molar-refractivity contribution in [2.24, 2.45) is 0 Å². The zero-order chi connectivity index (χ0) is 23.4. The molecule has 0 aliphatic carbocycles. The number of amides is 2. The molecule has 2 aliphatic heterocycles. The van der Waals surface area contributed by atoms with Gasteiger partial charge in [-0.25, -0.2) is 12.8 Å². The largest absolute Gasteiger partial charge is 0.336 e. The van der Waals surface area contributed by atoms with Crippen molar-refractivity contribution in [3.8, 4) is 0 Å². The Balaban J connectivity index is 1.32. The van der Waals surface area contributed by atoms with Crippen molar-refractivity contribution >= 4 is 39.1 Å². The molecule has 4 rings (SSSR count). The molecule has 10 heteroatoms. The highest BCUT2D eigenvalue weighted by Crippen LogP contribution is 2.25. The lowest BCUT2D eigenvalue weighted by atomic mass is 10.1. The Kier molecular flexibility index (Phi) is 7.35. The Morgan fingerprint density at radius 1 is 1.03 bits per heavy atom. The summed E-state index contributed by atoms with van der Waals surface area (Å²) in [4.78, 5) is 30.2. The van der Waals surface area contributed by atoms with Crippen LogP contribution in [0.2, 0.25) is 0 Å². The van der Waals surface area contributed by atoms with Gasteiger partial charge in [0.2, 0.25) is 5.91 Å². The summed E-state index contributed by atoms with van der Waals surface area (Å²) in [5.41, 5.74) is 1.06. The molecule has 0 saturated carbocycles. The lowest BCUT2D eigenvalue weighted by Crippen LogP contribution is -2.52. The van der Waals surface area contributed by atoms with Crippen molar-refractivity contribution in [1.29, 1.82) is 0 Å². The number of hydrogen-bond acceptors (Lipinski definition) is 6. The van der Waals surface area contributed by atoms with Crippen LogP contribution in [0.25, 0.3) is 0 Å². The Hall–Kier alpha value is -2.43. The average Bonchev–Trinajstić information content (AvgIpc) is 3.18. The molecule has 2 aromatic rings. The van der Waals surface area contributed by atoms with Crippen LogP contribution in [0.5, 0.6) is 0 Å². The monoisotopic (exact) mass is 491 g/mol. The topological polar surface area (TPSA) is 86.8 Å². The van der Waals surface area contributed by atoms with Gasteiger partial charge in [0.25, 0.3) is 5.91 Å². The summed E-state index contributed by atoms with van der Waals surface area (Å²) in [5.74, 6) is -0.129. The number of rotatable bonds is 6. The molecule has 0 radical (unpaired) electrons. The summed E-state index contributed by atoms with van der Waals surface area (Å²) >= 11 is 1.28. The number of halogens is 1. The van der Waals surface area contributed by atoms with Gasteiger partial charge in [-0.15, -0.1) is 11.8 Å². The van der Waals surface area contributed by atoms with Crippen LogP contribution >= 0.6 is 11.8 Å². The van der Waals surface area contributed by atoms with E-state index in [1.165, 1.54) is 36.0 Å². The molecule has 176 valence electrons. The molecule has 33 heavy (non-hydrogen) atoms. The quantitative estimate of drug-likeness (QED) is 0.625. The van der Waals surface area contributed by atoms with Gasteiger partial charge in [-0.2, -0.15) is 0 Å². The van der Waals surface area contributed by atoms with E-state index in [4.69, 9.17) is 0 Å². The highest BCUT2D eigenvalue weighted by molar-refractivity contribution is 8.00. The second-order valence-electron chi connectivity index (χ2n) is 8.22. The maximum atomic E-state index is 13.2. The minimum absolute atomic E-state index is 0.0507. The van der Waals surface area contributed by atoms with Crippen LogP contribution in [0, 0.1) is 5.82 Å². The third kappa shape index (κ3) is 6.13. The first-order chi connectivity index (χ1) is 15.8. The van der Waals surface area contributed by atoms with Gasteiger partial charge in [0.1, 0.15) is 5.82 Å². The van der Waals surface area contributed by atoms with E-state index in [2.05, 4.69) is 10.2 Å². The molecule has 2 saturated heterocycles. The van der Waals surface area contributed by atoms with E-state index in [1.54, 1.807) is 17.0 Å². The average molecular weight is 492 g/mol. The number of carbonyl (C=O) groups is 2. The van der Waals surface area contributed by atoms with E-state index in [0.29, 0.717) is 43.9 Å². The molecule has 2 heterocycles. The fourth-order valence-electron chi connectivity index (χ4n) is 4.17. The molecule has 0 bridgehead atoms. The van der Waals surface area contributed by atoms with Crippen molar-refractivity contribution in [2.45, 2.75) is 17.4 Å². The Morgan fingerprint density at radius 3 is 2.39 bits per heavy atom. The first kappa shape index (κ1) is 23.7. The standard InChI is InChI=1S/C23H26FN3O4S2/c24-17-5-7-18(8-6-17)25-22(28)15-32-21-4-2-1-3-20(21)23(29)27-12-10-26(11-13-27)19-9-14-33(30,31)16-19/h1-8,19H,9-16H2,(H,25,28)/t19-/m1/s1. The number of benzene rings is 2. The summed E-state index contributed by atoms with van der Waals surface area (Å²) in [7, 11) is -2.93. The number of hydrogen-bond donors (Lipinski definition) is 1. The summed E-state index contributed by atoms with van der Waals surface area (Å²) in [6.07, 6.45) is 0.662. The molecular formula is C23H26FN3O4S2. The maximum Gasteiger partial charge on any atom is 0.255 e. The minimum Gasteiger partial charge on any atom is -0.336 e. The lowest BCUT2D eigenvalue weighted by molar-refractivity contribution is -0.113. The number of anilines is 1. The Bertz CT molecular complexity index is 1120. The van der Waals surface area contributed by atoms with Crippen LogP contribution in [0.3, 0.4) is 0 Å². The second-order valence-corrected chi connectivity index (χ2v) is 11.5. The molecule has 2 aliphatic rings. The van der Waals surface area contributed by atoms with Crippen LogP contribution in [-0.2, 0) is 14.6 Å². The van der Waals surface area contributed by atoms with E-state index in [0.717, 1.165) is 4.90 Å². The molecule has 2 fully saturated rings. The molecule has 1 N–H and O–H groups in total. The van der Waals surface area contributed by atoms with Crippen molar-refractivity contribution in [3.63, 3.8) is 0 Å². The van der Waals surface area contributed by atoms with Gasteiger partial charge in [-0.05, 0) is 42.8 Å². The molecule has 0 spiro atoms. The fraction of sp³-hybridized carbons (Fsp3) is 0.391. The molecule has 7 nitrogen and oxygen atoms in total. The van der Waals surface area contributed by atoms with Gasteiger partial charge in [0, 0.05) is 42.8 Å². The lowest BCUT2D eigenvalue weighted by Gasteiger charge is -2.37. The predicted octanol–water partition coefficient (Wildman–Crippen LogP) is 2.50. The summed E-state index contributed by atoms with van der Waals surface area (Å²) in [6.45, 7) is 2.39.